The fourth-order valence-corrected chi connectivity index (χ4v) is 2.14. The molecule has 0 saturated heterocycles. The Kier molecular flexibility index (Phi) is 5.48. The predicted octanol–water partition coefficient (Wildman–Crippen LogP) is 3.95. The van der Waals surface area contributed by atoms with Crippen molar-refractivity contribution >= 4 is 29.0 Å². The van der Waals surface area contributed by atoms with Crippen LogP contribution in [-0.4, -0.2) is 19.5 Å². The second-order valence-corrected chi connectivity index (χ2v) is 5.31. The third-order valence-corrected chi connectivity index (χ3v) is 3.80. The number of hydrogen-bond acceptors (Lipinski definition) is 2. The molecule has 2 aromatic carbocycles. The quantitative estimate of drug-likeness (QED) is 0.669. The van der Waals surface area contributed by atoms with Crippen LogP contribution in [0.25, 0.3) is 0 Å². The number of aliphatic imine (C=N–C) groups is 1. The smallest absolute Gasteiger partial charge is 0.125 e. The van der Waals surface area contributed by atoms with E-state index in [2.05, 4.69) is 4.99 Å². The average molecular weight is 323 g/mol. The summed E-state index contributed by atoms with van der Waals surface area (Å²) in [6, 6.07) is 13.1. The van der Waals surface area contributed by atoms with Gasteiger partial charge in [-0.1, -0.05) is 35.3 Å². The lowest BCUT2D eigenvalue weighted by molar-refractivity contribution is 0.414. The highest BCUT2D eigenvalue weighted by Gasteiger charge is 2.03. The van der Waals surface area contributed by atoms with Gasteiger partial charge in [-0.15, -0.1) is 0 Å². The lowest BCUT2D eigenvalue weighted by atomic mass is 10.1. The van der Waals surface area contributed by atoms with Crippen molar-refractivity contribution in [1.82, 2.24) is 0 Å². The number of benzene rings is 2. The first-order valence-corrected chi connectivity index (χ1v) is 7.24. The molecule has 0 unspecified atom stereocenters. The van der Waals surface area contributed by atoms with Gasteiger partial charge in [0, 0.05) is 12.1 Å². The third-order valence-electron chi connectivity index (χ3n) is 3.06. The number of halogens is 2. The van der Waals surface area contributed by atoms with Gasteiger partial charge in [0.05, 0.1) is 17.2 Å². The monoisotopic (exact) mass is 322 g/mol. The van der Waals surface area contributed by atoms with E-state index in [0.29, 0.717) is 22.4 Å². The van der Waals surface area contributed by atoms with Gasteiger partial charge in [-0.2, -0.15) is 0 Å². The number of amidine groups is 1. The summed E-state index contributed by atoms with van der Waals surface area (Å²) in [5.74, 6) is 1.31. The molecule has 0 bridgehead atoms. The van der Waals surface area contributed by atoms with Gasteiger partial charge >= 0.3 is 0 Å². The van der Waals surface area contributed by atoms with Crippen molar-refractivity contribution in [1.29, 1.82) is 0 Å². The Balaban J connectivity index is 1.97. The van der Waals surface area contributed by atoms with Gasteiger partial charge in [0.1, 0.15) is 11.6 Å². The van der Waals surface area contributed by atoms with E-state index in [9.17, 15) is 0 Å². The lowest BCUT2D eigenvalue weighted by Crippen LogP contribution is -2.14. The van der Waals surface area contributed by atoms with E-state index in [4.69, 9.17) is 33.7 Å². The summed E-state index contributed by atoms with van der Waals surface area (Å²) in [6.07, 6.45) is 0.812. The standard InChI is InChI=1S/C16H16Cl2N2O/c1-21-13-5-2-11(3-6-13)8-9-20-16(19)12-4-7-14(17)15(18)10-12/h2-7,10H,8-9H2,1H3,(H2,19,20). The summed E-state index contributed by atoms with van der Waals surface area (Å²) >= 11 is 11.8. The number of nitrogens with two attached hydrogens (primary N) is 1. The van der Waals surface area contributed by atoms with E-state index >= 15 is 0 Å². The second-order valence-electron chi connectivity index (χ2n) is 4.49. The van der Waals surface area contributed by atoms with E-state index in [0.717, 1.165) is 17.7 Å². The Morgan fingerprint density at radius 1 is 1.10 bits per heavy atom. The van der Waals surface area contributed by atoms with Gasteiger partial charge in [-0.3, -0.25) is 4.99 Å². The molecule has 21 heavy (non-hydrogen) atoms. The van der Waals surface area contributed by atoms with E-state index in [1.165, 1.54) is 5.56 Å². The molecule has 2 aromatic rings. The minimum atomic E-state index is 0.460. The highest BCUT2D eigenvalue weighted by atomic mass is 35.5. The van der Waals surface area contributed by atoms with Gasteiger partial charge in [0.2, 0.25) is 0 Å². The minimum absolute atomic E-state index is 0.460. The van der Waals surface area contributed by atoms with E-state index in [-0.39, 0.29) is 0 Å². The fourth-order valence-electron chi connectivity index (χ4n) is 1.84. The Labute approximate surface area is 134 Å². The molecule has 2 N–H and O–H groups in total. The van der Waals surface area contributed by atoms with Crippen LogP contribution >= 0.6 is 23.2 Å². The van der Waals surface area contributed by atoms with Gasteiger partial charge in [-0.05, 0) is 42.3 Å². The molecule has 3 nitrogen and oxygen atoms in total. The molecule has 0 radical (unpaired) electrons. The van der Waals surface area contributed by atoms with E-state index < -0.39 is 0 Å². The molecule has 0 aliphatic heterocycles. The van der Waals surface area contributed by atoms with Crippen LogP contribution in [0.2, 0.25) is 10.0 Å². The van der Waals surface area contributed by atoms with Crippen LogP contribution < -0.4 is 10.5 Å². The van der Waals surface area contributed by atoms with Crippen molar-refractivity contribution in [2.75, 3.05) is 13.7 Å². The van der Waals surface area contributed by atoms with Crippen LogP contribution in [0, 0.1) is 0 Å². The van der Waals surface area contributed by atoms with Crippen molar-refractivity contribution in [2.24, 2.45) is 10.7 Å². The molecule has 0 aliphatic carbocycles. The molecule has 0 aromatic heterocycles. The van der Waals surface area contributed by atoms with Crippen molar-refractivity contribution in [3.05, 3.63) is 63.6 Å². The van der Waals surface area contributed by atoms with Crippen LogP contribution in [0.5, 0.6) is 5.75 Å². The largest absolute Gasteiger partial charge is 0.497 e. The summed E-state index contributed by atoms with van der Waals surface area (Å²) in [5, 5.41) is 0.980. The maximum atomic E-state index is 5.96. The van der Waals surface area contributed by atoms with Gasteiger partial charge < -0.3 is 10.5 Å². The zero-order valence-electron chi connectivity index (χ0n) is 11.6. The van der Waals surface area contributed by atoms with Crippen LogP contribution in [-0.2, 0) is 6.42 Å². The first kappa shape index (κ1) is 15.7. The lowest BCUT2D eigenvalue weighted by Gasteiger charge is -2.04. The highest BCUT2D eigenvalue weighted by Crippen LogP contribution is 2.22. The topological polar surface area (TPSA) is 47.6 Å². The number of methoxy groups -OCH3 is 1. The van der Waals surface area contributed by atoms with Crippen LogP contribution in [0.3, 0.4) is 0 Å². The molecule has 0 saturated carbocycles. The second kappa shape index (κ2) is 7.34. The van der Waals surface area contributed by atoms with Crippen molar-refractivity contribution in [3.63, 3.8) is 0 Å². The SMILES string of the molecule is COc1ccc(CCN=C(N)c2ccc(Cl)c(Cl)c2)cc1. The van der Waals surface area contributed by atoms with Crippen molar-refractivity contribution in [2.45, 2.75) is 6.42 Å². The minimum Gasteiger partial charge on any atom is -0.497 e. The van der Waals surface area contributed by atoms with Gasteiger partial charge in [-0.25, -0.2) is 0 Å². The summed E-state index contributed by atoms with van der Waals surface area (Å²) in [6.45, 7) is 0.610. The number of rotatable bonds is 5. The Bertz CT molecular complexity index is 639. The van der Waals surface area contributed by atoms with Crippen molar-refractivity contribution in [3.8, 4) is 5.75 Å². The summed E-state index contributed by atoms with van der Waals surface area (Å²) < 4.78 is 5.12. The molecule has 0 fully saturated rings. The summed E-state index contributed by atoms with van der Waals surface area (Å²) in [4.78, 5) is 4.36. The molecule has 0 heterocycles. The highest BCUT2D eigenvalue weighted by molar-refractivity contribution is 6.42. The Morgan fingerprint density at radius 3 is 2.43 bits per heavy atom. The van der Waals surface area contributed by atoms with E-state index in [1.807, 2.05) is 24.3 Å². The fraction of sp³-hybridized carbons (Fsp3) is 0.188. The molecular weight excluding hydrogens is 307 g/mol. The van der Waals surface area contributed by atoms with Gasteiger partial charge in [0.15, 0.2) is 0 Å². The molecule has 0 amide bonds. The Hall–Kier alpha value is -1.71. The van der Waals surface area contributed by atoms with Crippen molar-refractivity contribution < 1.29 is 4.74 Å². The van der Waals surface area contributed by atoms with Crippen LogP contribution in [0.15, 0.2) is 47.5 Å². The first-order chi connectivity index (χ1) is 10.1. The summed E-state index contributed by atoms with van der Waals surface area (Å²) in [5.41, 5.74) is 7.91. The normalized spacial score (nSPS) is 11.5. The molecular formula is C16H16Cl2N2O. The van der Waals surface area contributed by atoms with E-state index in [1.54, 1.807) is 25.3 Å². The number of hydrogen-bond donors (Lipinski definition) is 1. The predicted molar refractivity (Wildman–Crippen MR) is 88.8 cm³/mol. The number of nitrogens with zero attached hydrogens (tertiary/aromatic N) is 1. The zero-order valence-corrected chi connectivity index (χ0v) is 13.2. The summed E-state index contributed by atoms with van der Waals surface area (Å²) in [7, 11) is 1.65. The molecule has 5 heteroatoms. The van der Waals surface area contributed by atoms with Crippen LogP contribution in [0.1, 0.15) is 11.1 Å². The molecule has 2 rings (SSSR count). The van der Waals surface area contributed by atoms with Gasteiger partial charge in [0.25, 0.3) is 0 Å². The Morgan fingerprint density at radius 2 is 1.81 bits per heavy atom. The third kappa shape index (κ3) is 4.38. The molecule has 0 aliphatic rings. The molecule has 0 spiro atoms. The maximum absolute atomic E-state index is 5.96. The number of ether oxygens (including phenoxy) is 1. The first-order valence-electron chi connectivity index (χ1n) is 6.48. The average Bonchev–Trinajstić information content (AvgIpc) is 2.50. The zero-order chi connectivity index (χ0) is 15.2. The molecule has 0 atom stereocenters. The van der Waals surface area contributed by atoms with Crippen LogP contribution in [0.4, 0.5) is 0 Å². The maximum Gasteiger partial charge on any atom is 0.125 e. The molecule has 110 valence electrons.